The van der Waals surface area contributed by atoms with Crippen LogP contribution in [0.2, 0.25) is 5.02 Å². The molecule has 0 amide bonds. The molecule has 1 N–H and O–H groups in total. The van der Waals surface area contributed by atoms with Crippen LogP contribution in [-0.4, -0.2) is 32.8 Å². The smallest absolute Gasteiger partial charge is 0.0750 e. The summed E-state index contributed by atoms with van der Waals surface area (Å²) >= 11 is 6.37. The topological polar surface area (TPSA) is 24.5 Å². The highest BCUT2D eigenvalue weighted by molar-refractivity contribution is 6.31. The fourth-order valence-corrected chi connectivity index (χ4v) is 2.90. The maximum Gasteiger partial charge on any atom is 0.0750 e. The lowest BCUT2D eigenvalue weighted by atomic mass is 10.1. The Morgan fingerprint density at radius 3 is 3.00 bits per heavy atom. The van der Waals surface area contributed by atoms with Gasteiger partial charge in [-0.2, -0.15) is 0 Å². The molecule has 0 saturated carbocycles. The number of hydrogen-bond acceptors (Lipinski definition) is 3. The minimum absolute atomic E-state index is 0.357. The summed E-state index contributed by atoms with van der Waals surface area (Å²) in [6.07, 6.45) is 3.83. The first-order valence-corrected chi connectivity index (χ1v) is 7.91. The molecule has 1 aliphatic heterocycles. The van der Waals surface area contributed by atoms with Crippen molar-refractivity contribution >= 4 is 17.3 Å². The van der Waals surface area contributed by atoms with Crippen LogP contribution in [0.25, 0.3) is 0 Å². The van der Waals surface area contributed by atoms with E-state index in [0.717, 1.165) is 44.1 Å². The van der Waals surface area contributed by atoms with E-state index in [0.29, 0.717) is 6.10 Å². The summed E-state index contributed by atoms with van der Waals surface area (Å²) in [5.74, 6) is 0. The SMILES string of the molecule is CCCNCc1c(Cl)cccc1N(C)CC1CCCO1. The molecular weight excluding hydrogens is 272 g/mol. The lowest BCUT2D eigenvalue weighted by Gasteiger charge is -2.26. The molecule has 1 aromatic rings. The van der Waals surface area contributed by atoms with Crippen LogP contribution in [0.1, 0.15) is 31.7 Å². The van der Waals surface area contributed by atoms with Gasteiger partial charge in [0.1, 0.15) is 0 Å². The maximum atomic E-state index is 6.37. The Bertz CT molecular complexity index is 419. The van der Waals surface area contributed by atoms with Gasteiger partial charge in [-0.25, -0.2) is 0 Å². The highest BCUT2D eigenvalue weighted by Crippen LogP contribution is 2.28. The van der Waals surface area contributed by atoms with Gasteiger partial charge in [0.2, 0.25) is 0 Å². The zero-order chi connectivity index (χ0) is 14.4. The highest BCUT2D eigenvalue weighted by Gasteiger charge is 2.19. The molecule has 1 heterocycles. The van der Waals surface area contributed by atoms with Gasteiger partial charge in [-0.05, 0) is 37.9 Å². The molecule has 1 atom stereocenters. The molecule has 1 saturated heterocycles. The van der Waals surface area contributed by atoms with E-state index in [9.17, 15) is 0 Å². The molecule has 20 heavy (non-hydrogen) atoms. The van der Waals surface area contributed by atoms with Crippen molar-refractivity contribution in [3.63, 3.8) is 0 Å². The van der Waals surface area contributed by atoms with Gasteiger partial charge in [-0.3, -0.25) is 0 Å². The quantitative estimate of drug-likeness (QED) is 0.780. The summed E-state index contributed by atoms with van der Waals surface area (Å²) in [5, 5.41) is 4.28. The third-order valence-corrected chi connectivity index (χ3v) is 4.09. The van der Waals surface area contributed by atoms with E-state index in [-0.39, 0.29) is 0 Å². The van der Waals surface area contributed by atoms with E-state index in [4.69, 9.17) is 16.3 Å². The lowest BCUT2D eigenvalue weighted by molar-refractivity contribution is 0.116. The molecule has 2 rings (SSSR count). The number of anilines is 1. The van der Waals surface area contributed by atoms with Gasteiger partial charge in [0.25, 0.3) is 0 Å². The molecular formula is C16H25ClN2O. The standard InChI is InChI=1S/C16H25ClN2O/c1-3-9-18-11-14-15(17)7-4-8-16(14)19(2)12-13-6-5-10-20-13/h4,7-8,13,18H,3,5-6,9-12H2,1-2H3. The molecule has 0 spiro atoms. The predicted octanol–water partition coefficient (Wildman–Crippen LogP) is 3.45. The van der Waals surface area contributed by atoms with Crippen LogP contribution in [0.5, 0.6) is 0 Å². The van der Waals surface area contributed by atoms with Crippen molar-refractivity contribution in [3.05, 3.63) is 28.8 Å². The number of halogens is 1. The number of ether oxygens (including phenoxy) is 1. The van der Waals surface area contributed by atoms with Crippen molar-refractivity contribution in [1.82, 2.24) is 5.32 Å². The largest absolute Gasteiger partial charge is 0.376 e. The van der Waals surface area contributed by atoms with Gasteiger partial charge < -0.3 is 15.0 Å². The summed E-state index contributed by atoms with van der Waals surface area (Å²) in [4.78, 5) is 2.27. The van der Waals surface area contributed by atoms with E-state index in [1.807, 2.05) is 12.1 Å². The van der Waals surface area contributed by atoms with Crippen LogP contribution in [0.4, 0.5) is 5.69 Å². The van der Waals surface area contributed by atoms with E-state index >= 15 is 0 Å². The van der Waals surface area contributed by atoms with Crippen molar-refractivity contribution < 1.29 is 4.74 Å². The monoisotopic (exact) mass is 296 g/mol. The van der Waals surface area contributed by atoms with Crippen LogP contribution in [0.3, 0.4) is 0 Å². The molecule has 1 fully saturated rings. The van der Waals surface area contributed by atoms with Crippen molar-refractivity contribution in [2.24, 2.45) is 0 Å². The summed E-state index contributed by atoms with van der Waals surface area (Å²) in [5.41, 5.74) is 2.39. The van der Waals surface area contributed by atoms with Gasteiger partial charge in [-0.15, -0.1) is 0 Å². The number of hydrogen-bond donors (Lipinski definition) is 1. The molecule has 0 radical (unpaired) electrons. The Morgan fingerprint density at radius 1 is 1.45 bits per heavy atom. The summed E-state index contributed by atoms with van der Waals surface area (Å²) in [7, 11) is 2.12. The van der Waals surface area contributed by atoms with Gasteiger partial charge in [0.15, 0.2) is 0 Å². The molecule has 112 valence electrons. The first kappa shape index (κ1) is 15.6. The second-order valence-corrected chi connectivity index (χ2v) is 5.84. The van der Waals surface area contributed by atoms with Gasteiger partial charge in [0.05, 0.1) is 6.10 Å². The van der Waals surface area contributed by atoms with E-state index in [2.05, 4.69) is 30.3 Å². The first-order chi connectivity index (χ1) is 9.72. The Labute approximate surface area is 127 Å². The summed E-state index contributed by atoms with van der Waals surface area (Å²) < 4.78 is 5.72. The van der Waals surface area contributed by atoms with Crippen LogP contribution in [-0.2, 0) is 11.3 Å². The molecule has 1 aliphatic rings. The zero-order valence-corrected chi connectivity index (χ0v) is 13.2. The second kappa shape index (κ2) is 7.87. The Kier molecular flexibility index (Phi) is 6.14. The number of rotatable bonds is 7. The Balaban J connectivity index is 2.06. The van der Waals surface area contributed by atoms with Gasteiger partial charge in [-0.1, -0.05) is 24.6 Å². The molecule has 1 unspecified atom stereocenters. The predicted molar refractivity (Wildman–Crippen MR) is 85.7 cm³/mol. The first-order valence-electron chi connectivity index (χ1n) is 7.53. The van der Waals surface area contributed by atoms with Crippen molar-refractivity contribution in [3.8, 4) is 0 Å². The molecule has 0 bridgehead atoms. The van der Waals surface area contributed by atoms with E-state index < -0.39 is 0 Å². The fraction of sp³-hybridized carbons (Fsp3) is 0.625. The van der Waals surface area contributed by atoms with E-state index in [1.165, 1.54) is 17.7 Å². The van der Waals surface area contributed by atoms with Crippen molar-refractivity contribution in [1.29, 1.82) is 0 Å². The minimum Gasteiger partial charge on any atom is -0.376 e. The van der Waals surface area contributed by atoms with Crippen molar-refractivity contribution in [2.75, 3.05) is 31.6 Å². The normalized spacial score (nSPS) is 18.4. The molecule has 3 nitrogen and oxygen atoms in total. The van der Waals surface area contributed by atoms with Crippen LogP contribution in [0.15, 0.2) is 18.2 Å². The zero-order valence-electron chi connectivity index (χ0n) is 12.5. The number of nitrogens with zero attached hydrogens (tertiary/aromatic N) is 1. The third-order valence-electron chi connectivity index (χ3n) is 3.74. The number of benzene rings is 1. The van der Waals surface area contributed by atoms with Gasteiger partial charge >= 0.3 is 0 Å². The molecule has 1 aromatic carbocycles. The molecule has 0 aliphatic carbocycles. The van der Waals surface area contributed by atoms with Crippen LogP contribution >= 0.6 is 11.6 Å². The van der Waals surface area contributed by atoms with Gasteiger partial charge in [0, 0.05) is 43.0 Å². The fourth-order valence-electron chi connectivity index (χ4n) is 2.66. The Morgan fingerprint density at radius 2 is 2.30 bits per heavy atom. The van der Waals surface area contributed by atoms with Crippen LogP contribution < -0.4 is 10.2 Å². The third kappa shape index (κ3) is 4.11. The van der Waals surface area contributed by atoms with Crippen LogP contribution in [0, 0.1) is 0 Å². The summed E-state index contributed by atoms with van der Waals surface area (Å²) in [6, 6.07) is 6.13. The van der Waals surface area contributed by atoms with E-state index in [1.54, 1.807) is 0 Å². The average molecular weight is 297 g/mol. The Hall–Kier alpha value is -0.770. The maximum absolute atomic E-state index is 6.37. The van der Waals surface area contributed by atoms with Crippen molar-refractivity contribution in [2.45, 2.75) is 38.8 Å². The minimum atomic E-state index is 0.357. The highest BCUT2D eigenvalue weighted by atomic mass is 35.5. The lowest BCUT2D eigenvalue weighted by Crippen LogP contribution is -2.30. The number of likely N-dealkylation sites (N-methyl/N-ethyl adjacent to an activating group) is 1. The average Bonchev–Trinajstić information content (AvgIpc) is 2.93. The number of nitrogens with one attached hydrogen (secondary N) is 1. The molecule has 4 heteroatoms. The second-order valence-electron chi connectivity index (χ2n) is 5.43. The molecule has 0 aromatic heterocycles. The summed E-state index contributed by atoms with van der Waals surface area (Å²) in [6.45, 7) is 5.84.